The molecule has 2 fully saturated rings. The van der Waals surface area contributed by atoms with Gasteiger partial charge in [0.2, 0.25) is 5.95 Å². The maximum absolute atomic E-state index is 9.57. The number of ether oxygens (including phenoxy) is 5. The molecule has 0 radical (unpaired) electrons. The summed E-state index contributed by atoms with van der Waals surface area (Å²) in [5.74, 6) is 1.34. The van der Waals surface area contributed by atoms with E-state index in [1.54, 1.807) is 31.6 Å². The largest absolute Gasteiger partial charge is 0.487 e. The van der Waals surface area contributed by atoms with Gasteiger partial charge in [0.15, 0.2) is 0 Å². The molecule has 1 aliphatic heterocycles. The van der Waals surface area contributed by atoms with E-state index in [1.807, 2.05) is 23.9 Å². The standard InChI is InChI=1S/C30H39N9O4.C6H13NO/c1-22(16-33-21-34-20-32)43-28-14-23(8-9-24(28)15-31)25-17-35-30(36-18-25)37-27-19-39(26-6-4-3-5-7-26)38-29(27)42-13-12-41-11-10-40-2;1-5-3-7-4-6(2)8-5/h8-9,14,17-22,26H,3-7,10-13,16H2,1-2H3,(H2,32,33,34)(H,35,36,37);5-7H,3-4H2,1-2H3/t22-;/m0./s1. The third kappa shape index (κ3) is 13.2. The minimum atomic E-state index is -0.280. The summed E-state index contributed by atoms with van der Waals surface area (Å²) in [4.78, 5) is 16.9. The zero-order valence-corrected chi connectivity index (χ0v) is 30.2. The van der Waals surface area contributed by atoms with Crippen LogP contribution in [0.2, 0.25) is 0 Å². The number of aliphatic imine (C=N–C) groups is 2. The molecule has 3 aromatic rings. The summed E-state index contributed by atoms with van der Waals surface area (Å²) < 4.78 is 29.9. The number of nitrogens with two attached hydrogens (primary N) is 1. The number of nitrogens with zero attached hydrogens (tertiary/aromatic N) is 7. The predicted molar refractivity (Wildman–Crippen MR) is 197 cm³/mol. The number of methoxy groups -OCH3 is 1. The SMILES string of the molecule is CC1CNCC(C)O1.COCCOCCOc1nn(C2CCCCC2)cc1Nc1ncc(-c2ccc(C#N)c(O[C@@H](C)CN=CN=CN)c2)cn1. The van der Waals surface area contributed by atoms with Gasteiger partial charge in [0, 0.05) is 38.2 Å². The van der Waals surface area contributed by atoms with Crippen molar-refractivity contribution in [3.8, 4) is 28.8 Å². The molecule has 3 atom stereocenters. The van der Waals surface area contributed by atoms with Crippen LogP contribution in [0.1, 0.15) is 64.5 Å². The van der Waals surface area contributed by atoms with Gasteiger partial charge in [-0.1, -0.05) is 25.3 Å². The Balaban J connectivity index is 0.000000641. The zero-order chi connectivity index (χ0) is 36.3. The van der Waals surface area contributed by atoms with Gasteiger partial charge in [-0.3, -0.25) is 9.67 Å². The van der Waals surface area contributed by atoms with Crippen LogP contribution in [-0.4, -0.2) is 104 Å². The Morgan fingerprint density at radius 1 is 1.10 bits per heavy atom. The van der Waals surface area contributed by atoms with Crippen LogP contribution in [0.25, 0.3) is 11.1 Å². The van der Waals surface area contributed by atoms with Gasteiger partial charge in [-0.2, -0.15) is 5.26 Å². The fourth-order valence-corrected chi connectivity index (χ4v) is 5.61. The van der Waals surface area contributed by atoms with Crippen molar-refractivity contribution in [1.29, 1.82) is 5.26 Å². The van der Waals surface area contributed by atoms with Crippen molar-refractivity contribution in [3.63, 3.8) is 0 Å². The van der Waals surface area contributed by atoms with E-state index in [4.69, 9.17) is 34.5 Å². The van der Waals surface area contributed by atoms with Gasteiger partial charge in [0.1, 0.15) is 36.6 Å². The number of nitrogens with one attached hydrogen (secondary N) is 2. The van der Waals surface area contributed by atoms with E-state index in [2.05, 4.69) is 50.5 Å². The third-order valence-corrected chi connectivity index (χ3v) is 8.13. The first kappa shape index (κ1) is 39.2. The van der Waals surface area contributed by atoms with Crippen molar-refractivity contribution in [1.82, 2.24) is 25.1 Å². The molecular weight excluding hydrogens is 652 g/mol. The lowest BCUT2D eigenvalue weighted by atomic mass is 9.96. The quantitative estimate of drug-likeness (QED) is 0.106. The Bertz CT molecular complexity index is 1540. The Morgan fingerprint density at radius 3 is 2.51 bits per heavy atom. The summed E-state index contributed by atoms with van der Waals surface area (Å²) in [6.45, 7) is 10.2. The highest BCUT2D eigenvalue weighted by Crippen LogP contribution is 2.33. The maximum Gasteiger partial charge on any atom is 0.257 e. The molecule has 15 heteroatoms. The molecule has 1 aliphatic carbocycles. The van der Waals surface area contributed by atoms with Crippen LogP contribution in [0.5, 0.6) is 11.6 Å². The third-order valence-electron chi connectivity index (χ3n) is 8.13. The molecule has 0 bridgehead atoms. The number of rotatable bonds is 16. The summed E-state index contributed by atoms with van der Waals surface area (Å²) in [5, 5.41) is 20.8. The highest BCUT2D eigenvalue weighted by Gasteiger charge is 2.20. The Labute approximate surface area is 300 Å². The van der Waals surface area contributed by atoms with Gasteiger partial charge in [-0.15, -0.1) is 5.10 Å². The molecule has 5 rings (SSSR count). The number of anilines is 2. The molecule has 4 N–H and O–H groups in total. The summed E-state index contributed by atoms with van der Waals surface area (Å²) in [6, 6.07) is 7.87. The average Bonchev–Trinajstić information content (AvgIpc) is 3.54. The Morgan fingerprint density at radius 2 is 1.84 bits per heavy atom. The zero-order valence-electron chi connectivity index (χ0n) is 30.2. The molecular formula is C36H52N10O5. The van der Waals surface area contributed by atoms with Crippen molar-refractivity contribution >= 4 is 24.3 Å². The van der Waals surface area contributed by atoms with Gasteiger partial charge in [-0.25, -0.2) is 15.0 Å². The number of hydrogen-bond donors (Lipinski definition) is 3. The molecule has 0 amide bonds. The molecule has 3 heterocycles. The molecule has 51 heavy (non-hydrogen) atoms. The minimum absolute atomic E-state index is 0.280. The van der Waals surface area contributed by atoms with Crippen molar-refractivity contribution in [3.05, 3.63) is 42.4 Å². The molecule has 2 unspecified atom stereocenters. The molecule has 2 aliphatic rings. The van der Waals surface area contributed by atoms with E-state index in [1.165, 1.54) is 25.6 Å². The van der Waals surface area contributed by atoms with Crippen LogP contribution in [-0.2, 0) is 14.2 Å². The number of benzene rings is 1. The van der Waals surface area contributed by atoms with E-state index in [9.17, 15) is 5.26 Å². The highest BCUT2D eigenvalue weighted by atomic mass is 16.5. The van der Waals surface area contributed by atoms with Crippen molar-refractivity contribution in [2.45, 2.75) is 77.2 Å². The van der Waals surface area contributed by atoms with Crippen LogP contribution in [0.3, 0.4) is 0 Å². The second-order valence-corrected chi connectivity index (χ2v) is 12.4. The van der Waals surface area contributed by atoms with Crippen LogP contribution < -0.4 is 25.8 Å². The molecule has 1 saturated carbocycles. The summed E-state index contributed by atoms with van der Waals surface area (Å²) in [6.07, 6.45) is 14.3. The first-order valence-corrected chi connectivity index (χ1v) is 17.6. The summed E-state index contributed by atoms with van der Waals surface area (Å²) in [5.41, 5.74) is 7.91. The molecule has 2 aromatic heterocycles. The van der Waals surface area contributed by atoms with Gasteiger partial charge in [0.25, 0.3) is 5.88 Å². The fraction of sp³-hybridized carbons (Fsp3) is 0.556. The van der Waals surface area contributed by atoms with E-state index < -0.39 is 0 Å². The number of morpholine rings is 1. The highest BCUT2D eigenvalue weighted by molar-refractivity contribution is 5.69. The molecule has 0 spiro atoms. The number of hydrogen-bond acceptors (Lipinski definition) is 12. The van der Waals surface area contributed by atoms with Crippen molar-refractivity contribution < 1.29 is 23.7 Å². The molecule has 15 nitrogen and oxygen atoms in total. The predicted octanol–water partition coefficient (Wildman–Crippen LogP) is 4.67. The average molecular weight is 705 g/mol. The summed E-state index contributed by atoms with van der Waals surface area (Å²) >= 11 is 0. The van der Waals surface area contributed by atoms with Crippen LogP contribution in [0.15, 0.2) is 46.8 Å². The minimum Gasteiger partial charge on any atom is -0.487 e. The van der Waals surface area contributed by atoms with E-state index in [0.29, 0.717) is 80.1 Å². The maximum atomic E-state index is 9.57. The smallest absolute Gasteiger partial charge is 0.257 e. The van der Waals surface area contributed by atoms with Gasteiger partial charge in [0.05, 0.1) is 62.7 Å². The fourth-order valence-electron chi connectivity index (χ4n) is 5.61. The monoisotopic (exact) mass is 704 g/mol. The van der Waals surface area contributed by atoms with E-state index in [0.717, 1.165) is 43.4 Å². The first-order valence-electron chi connectivity index (χ1n) is 17.6. The molecule has 276 valence electrons. The van der Waals surface area contributed by atoms with Gasteiger partial charge >= 0.3 is 0 Å². The Kier molecular flexibility index (Phi) is 16.6. The van der Waals surface area contributed by atoms with Crippen molar-refractivity contribution in [2.75, 3.05) is 58.5 Å². The Hall–Kier alpha value is -4.62. The lowest BCUT2D eigenvalue weighted by molar-refractivity contribution is -0.0166. The number of nitriles is 1. The first-order chi connectivity index (χ1) is 24.9. The van der Waals surface area contributed by atoms with E-state index >= 15 is 0 Å². The lowest BCUT2D eigenvalue weighted by Crippen LogP contribution is -2.41. The van der Waals surface area contributed by atoms with Gasteiger partial charge in [-0.05, 0) is 51.3 Å². The second kappa shape index (κ2) is 21.6. The summed E-state index contributed by atoms with van der Waals surface area (Å²) in [7, 11) is 1.64. The lowest BCUT2D eigenvalue weighted by Gasteiger charge is -2.25. The van der Waals surface area contributed by atoms with Crippen LogP contribution >= 0.6 is 0 Å². The second-order valence-electron chi connectivity index (χ2n) is 12.4. The normalized spacial score (nSPS) is 18.6. The topological polar surface area (TPSA) is 188 Å². The van der Waals surface area contributed by atoms with E-state index in [-0.39, 0.29) is 6.10 Å². The number of aromatic nitrogens is 4. The van der Waals surface area contributed by atoms with Gasteiger partial charge < -0.3 is 40.1 Å². The van der Waals surface area contributed by atoms with Crippen LogP contribution in [0.4, 0.5) is 11.6 Å². The van der Waals surface area contributed by atoms with Crippen molar-refractivity contribution in [2.24, 2.45) is 15.7 Å². The molecule has 1 aromatic carbocycles. The molecule has 1 saturated heterocycles. The van der Waals surface area contributed by atoms with Crippen LogP contribution in [0, 0.1) is 11.3 Å².